The Hall–Kier alpha value is -1.23. The van der Waals surface area contributed by atoms with Crippen molar-refractivity contribution in [3.8, 4) is 22.6 Å². The monoisotopic (exact) mass is 377 g/mol. The summed E-state index contributed by atoms with van der Waals surface area (Å²) in [6.07, 6.45) is 0. The quantitative estimate of drug-likeness (QED) is 0.379. The van der Waals surface area contributed by atoms with E-state index in [-0.39, 0.29) is 0 Å². The van der Waals surface area contributed by atoms with Crippen LogP contribution in [0.15, 0.2) is 56.7 Å². The van der Waals surface area contributed by atoms with Crippen LogP contribution in [-0.2, 0) is 5.33 Å². The van der Waals surface area contributed by atoms with E-state index in [0.29, 0.717) is 16.2 Å². The summed E-state index contributed by atoms with van der Waals surface area (Å²) in [4.78, 5) is 6.93. The molecule has 104 valence electrons. The molecule has 0 atom stereocenters. The third-order valence-corrected chi connectivity index (χ3v) is 5.20. The number of hydrogen-bond acceptors (Lipinski definition) is 3. The van der Waals surface area contributed by atoms with Gasteiger partial charge in [-0.25, -0.2) is 4.98 Å². The van der Waals surface area contributed by atoms with Gasteiger partial charge in [-0.3, -0.25) is 0 Å². The van der Waals surface area contributed by atoms with Crippen molar-refractivity contribution in [1.29, 1.82) is 0 Å². The van der Waals surface area contributed by atoms with E-state index in [1.54, 1.807) is 11.8 Å². The average molecular weight is 379 g/mol. The van der Waals surface area contributed by atoms with Crippen LogP contribution in [0, 0.1) is 0 Å². The predicted molar refractivity (Wildman–Crippen MR) is 89.1 cm³/mol. The molecule has 0 saturated carbocycles. The molecule has 0 radical (unpaired) electrons. The first-order chi connectivity index (χ1) is 10.3. The van der Waals surface area contributed by atoms with Crippen LogP contribution in [0.2, 0.25) is 5.02 Å². The number of halogens is 2. The predicted octanol–water partition coefficient (Wildman–Crippen LogP) is 6.02. The maximum absolute atomic E-state index is 6.17. The lowest BCUT2D eigenvalue weighted by Crippen LogP contribution is -1.82. The number of nitrogens with zero attached hydrogens (tertiary/aromatic N) is 1. The van der Waals surface area contributed by atoms with Gasteiger partial charge in [0.05, 0.1) is 5.33 Å². The van der Waals surface area contributed by atoms with Crippen molar-refractivity contribution in [1.82, 2.24) is 4.98 Å². The molecule has 3 aromatic rings. The molecule has 4 rings (SSSR count). The Bertz CT molecular complexity index is 846. The second kappa shape index (κ2) is 5.20. The maximum atomic E-state index is 6.17. The van der Waals surface area contributed by atoms with E-state index in [1.807, 2.05) is 30.3 Å². The molecule has 1 aromatic heterocycles. The second-order valence-electron chi connectivity index (χ2n) is 4.66. The van der Waals surface area contributed by atoms with Crippen molar-refractivity contribution in [3.63, 3.8) is 0 Å². The molecule has 0 aliphatic carbocycles. The largest absolute Gasteiger partial charge is 0.439 e. The van der Waals surface area contributed by atoms with Crippen LogP contribution in [-0.4, -0.2) is 4.98 Å². The third-order valence-electron chi connectivity index (χ3n) is 3.33. The van der Waals surface area contributed by atoms with E-state index in [4.69, 9.17) is 16.0 Å². The van der Waals surface area contributed by atoms with Gasteiger partial charge in [0.15, 0.2) is 5.76 Å². The van der Waals surface area contributed by atoms with Crippen molar-refractivity contribution in [2.75, 3.05) is 0 Å². The lowest BCUT2D eigenvalue weighted by atomic mass is 10.1. The highest BCUT2D eigenvalue weighted by atomic mass is 79.9. The van der Waals surface area contributed by atoms with Gasteiger partial charge in [0.25, 0.3) is 0 Å². The van der Waals surface area contributed by atoms with Crippen LogP contribution in [0.1, 0.15) is 5.89 Å². The highest BCUT2D eigenvalue weighted by molar-refractivity contribution is 9.08. The summed E-state index contributed by atoms with van der Waals surface area (Å²) in [7, 11) is 0. The number of fused-ring (bicyclic) bond motifs is 5. The molecule has 0 amide bonds. The molecular weight excluding hydrogens is 370 g/mol. The fourth-order valence-corrected chi connectivity index (χ4v) is 3.89. The normalized spacial score (nSPS) is 12.3. The Morgan fingerprint density at radius 1 is 1.10 bits per heavy atom. The van der Waals surface area contributed by atoms with Gasteiger partial charge in [0, 0.05) is 25.9 Å². The van der Waals surface area contributed by atoms with Crippen molar-refractivity contribution >= 4 is 39.3 Å². The Morgan fingerprint density at radius 3 is 2.76 bits per heavy atom. The van der Waals surface area contributed by atoms with Crippen LogP contribution in [0.5, 0.6) is 0 Å². The average Bonchev–Trinajstić information content (AvgIpc) is 2.89. The van der Waals surface area contributed by atoms with Crippen LogP contribution in [0.3, 0.4) is 0 Å². The summed E-state index contributed by atoms with van der Waals surface area (Å²) in [5, 5.41) is 1.29. The fourth-order valence-electron chi connectivity index (χ4n) is 2.43. The Balaban J connectivity index is 2.08. The summed E-state index contributed by atoms with van der Waals surface area (Å²) >= 11 is 11.3. The van der Waals surface area contributed by atoms with Crippen molar-refractivity contribution < 1.29 is 4.42 Å². The van der Waals surface area contributed by atoms with Gasteiger partial charge in [0.1, 0.15) is 5.69 Å². The van der Waals surface area contributed by atoms with E-state index < -0.39 is 0 Å². The molecular formula is C16H9BrClNOS. The van der Waals surface area contributed by atoms with E-state index >= 15 is 0 Å². The molecule has 21 heavy (non-hydrogen) atoms. The number of alkyl halides is 1. The Labute approximate surface area is 139 Å². The zero-order valence-corrected chi connectivity index (χ0v) is 13.9. The summed E-state index contributed by atoms with van der Waals surface area (Å²) in [6, 6.07) is 14.1. The van der Waals surface area contributed by atoms with Gasteiger partial charge in [-0.1, -0.05) is 57.5 Å². The summed E-state index contributed by atoms with van der Waals surface area (Å²) in [6.45, 7) is 0. The lowest BCUT2D eigenvalue weighted by molar-refractivity contribution is 0.530. The summed E-state index contributed by atoms with van der Waals surface area (Å²) < 4.78 is 5.94. The van der Waals surface area contributed by atoms with Gasteiger partial charge in [-0.15, -0.1) is 0 Å². The molecule has 0 bridgehead atoms. The van der Waals surface area contributed by atoms with Crippen molar-refractivity contribution in [2.45, 2.75) is 15.1 Å². The van der Waals surface area contributed by atoms with Gasteiger partial charge < -0.3 is 4.42 Å². The summed E-state index contributed by atoms with van der Waals surface area (Å²) in [5.74, 6) is 1.46. The standard InChI is InChI=1S/C16H9BrClNOS/c17-8-14-19-15-10-3-1-2-4-12(10)21-13-6-5-9(18)7-11(13)16(15)20-14/h1-7H,8H2. The molecule has 0 N–H and O–H groups in total. The molecule has 2 aromatic carbocycles. The first kappa shape index (κ1) is 13.4. The smallest absolute Gasteiger partial charge is 0.206 e. The molecule has 1 aliphatic heterocycles. The van der Waals surface area contributed by atoms with Crippen LogP contribution in [0.25, 0.3) is 22.6 Å². The first-order valence-electron chi connectivity index (χ1n) is 6.39. The van der Waals surface area contributed by atoms with Crippen LogP contribution >= 0.6 is 39.3 Å². The molecule has 0 saturated heterocycles. The molecule has 0 spiro atoms. The fraction of sp³-hybridized carbons (Fsp3) is 0.0625. The molecule has 0 fully saturated rings. The van der Waals surface area contributed by atoms with E-state index in [9.17, 15) is 0 Å². The second-order valence-corrected chi connectivity index (χ2v) is 6.74. The number of benzene rings is 2. The number of aromatic nitrogens is 1. The SMILES string of the molecule is Clc1ccc2c(c1)-c1oc(CBr)nc1-c1ccccc1S2. The minimum Gasteiger partial charge on any atom is -0.439 e. The molecule has 5 heteroatoms. The topological polar surface area (TPSA) is 26.0 Å². The van der Waals surface area contributed by atoms with E-state index in [0.717, 1.165) is 27.5 Å². The highest BCUT2D eigenvalue weighted by Gasteiger charge is 2.25. The number of rotatable bonds is 1. The third kappa shape index (κ3) is 2.22. The van der Waals surface area contributed by atoms with E-state index in [2.05, 4.69) is 33.0 Å². The Morgan fingerprint density at radius 2 is 1.90 bits per heavy atom. The number of hydrogen-bond donors (Lipinski definition) is 0. The summed E-state index contributed by atoms with van der Waals surface area (Å²) in [5.41, 5.74) is 2.98. The van der Waals surface area contributed by atoms with Crippen LogP contribution < -0.4 is 0 Å². The molecule has 2 heterocycles. The number of oxazole rings is 1. The van der Waals surface area contributed by atoms with Crippen molar-refractivity contribution in [3.05, 3.63) is 53.4 Å². The maximum Gasteiger partial charge on any atom is 0.206 e. The zero-order chi connectivity index (χ0) is 14.4. The Kier molecular flexibility index (Phi) is 3.32. The van der Waals surface area contributed by atoms with Gasteiger partial charge >= 0.3 is 0 Å². The lowest BCUT2D eigenvalue weighted by Gasteiger charge is -2.05. The van der Waals surface area contributed by atoms with Crippen LogP contribution in [0.4, 0.5) is 0 Å². The highest BCUT2D eigenvalue weighted by Crippen LogP contribution is 2.48. The molecule has 1 aliphatic rings. The minimum absolute atomic E-state index is 0.589. The van der Waals surface area contributed by atoms with Crippen molar-refractivity contribution in [2.24, 2.45) is 0 Å². The minimum atomic E-state index is 0.589. The van der Waals surface area contributed by atoms with Gasteiger partial charge in [-0.05, 0) is 24.3 Å². The zero-order valence-electron chi connectivity index (χ0n) is 10.8. The molecule has 0 unspecified atom stereocenters. The van der Waals surface area contributed by atoms with Gasteiger partial charge in [-0.2, -0.15) is 0 Å². The molecule has 2 nitrogen and oxygen atoms in total. The first-order valence-corrected chi connectivity index (χ1v) is 8.70. The van der Waals surface area contributed by atoms with Gasteiger partial charge in [0.2, 0.25) is 5.89 Å². The van der Waals surface area contributed by atoms with E-state index in [1.165, 1.54) is 4.90 Å².